The number of carbonyl (C=O) groups is 1. The summed E-state index contributed by atoms with van der Waals surface area (Å²) in [6, 6.07) is 11.7. The molecular weight excluding hydrogens is 393 g/mol. The minimum Gasteiger partial charge on any atom is -0.354 e. The number of pyridine rings is 1. The molecule has 8 heteroatoms. The lowest BCUT2D eigenvalue weighted by molar-refractivity contribution is -0.141. The van der Waals surface area contributed by atoms with Gasteiger partial charge in [0.15, 0.2) is 0 Å². The number of amidine groups is 1. The largest absolute Gasteiger partial charge is 0.433 e. The van der Waals surface area contributed by atoms with E-state index in [2.05, 4.69) is 16.0 Å². The fourth-order valence-electron chi connectivity index (χ4n) is 4.37. The van der Waals surface area contributed by atoms with E-state index >= 15 is 0 Å². The summed E-state index contributed by atoms with van der Waals surface area (Å²) >= 11 is 0. The number of aromatic nitrogens is 1. The number of carbonyl (C=O) groups excluding carboxylic acids is 1. The topological polar surface area (TPSA) is 69.3 Å². The Balaban J connectivity index is 1.91. The van der Waals surface area contributed by atoms with E-state index in [4.69, 9.17) is 5.26 Å². The van der Waals surface area contributed by atoms with Gasteiger partial charge in [-0.2, -0.15) is 18.4 Å². The van der Waals surface area contributed by atoms with Gasteiger partial charge in [-0.25, -0.2) is 4.98 Å². The van der Waals surface area contributed by atoms with E-state index in [1.165, 1.54) is 6.07 Å². The molecule has 1 fully saturated rings. The van der Waals surface area contributed by atoms with Crippen molar-refractivity contribution in [1.29, 1.82) is 5.26 Å². The van der Waals surface area contributed by atoms with Crippen molar-refractivity contribution < 1.29 is 18.0 Å². The van der Waals surface area contributed by atoms with Crippen LogP contribution in [-0.4, -0.2) is 42.1 Å². The molecule has 1 aliphatic carbocycles. The Hall–Kier alpha value is -3.21. The van der Waals surface area contributed by atoms with Crippen LogP contribution < -0.4 is 0 Å². The first kappa shape index (κ1) is 20.1. The minimum atomic E-state index is -4.64. The summed E-state index contributed by atoms with van der Waals surface area (Å²) in [5, 5.41) is 9.07. The summed E-state index contributed by atoms with van der Waals surface area (Å²) in [6.45, 7) is 0.878. The predicted octanol–water partition coefficient (Wildman–Crippen LogP) is 3.36. The lowest BCUT2D eigenvalue weighted by atomic mass is 9.77. The maximum absolute atomic E-state index is 13.5. The molecule has 1 unspecified atom stereocenters. The Morgan fingerprint density at radius 3 is 2.67 bits per heavy atom. The highest BCUT2D eigenvalue weighted by atomic mass is 19.4. The van der Waals surface area contributed by atoms with Gasteiger partial charge < -0.3 is 9.69 Å². The molecule has 0 radical (unpaired) electrons. The number of nitrogens with zero attached hydrogens (tertiary/aromatic N) is 4. The van der Waals surface area contributed by atoms with Gasteiger partial charge in [-0.3, -0.25) is 4.99 Å². The monoisotopic (exact) mass is 412 g/mol. The molecule has 2 aliphatic rings. The number of hydrogen-bond acceptors (Lipinski definition) is 4. The number of alkyl halides is 3. The quantitative estimate of drug-likeness (QED) is 0.440. The maximum Gasteiger partial charge on any atom is 0.433 e. The van der Waals surface area contributed by atoms with E-state index in [0.29, 0.717) is 49.2 Å². The summed E-state index contributed by atoms with van der Waals surface area (Å²) in [7, 11) is 1.55. The van der Waals surface area contributed by atoms with Gasteiger partial charge in [0.25, 0.3) is 0 Å². The maximum atomic E-state index is 13.5. The molecule has 0 amide bonds. The first-order valence-electron chi connectivity index (χ1n) is 9.59. The SMILES string of the molecule is CN=C(c1ccc(C(F)(F)F)nc1C1(C=O)CCc2ccccc21)N1CC(C#N)C1. The van der Waals surface area contributed by atoms with E-state index in [0.717, 1.165) is 11.6 Å². The molecule has 2 heterocycles. The van der Waals surface area contributed by atoms with E-state index in [9.17, 15) is 18.0 Å². The number of aryl methyl sites for hydroxylation is 1. The lowest BCUT2D eigenvalue weighted by Gasteiger charge is -2.39. The Morgan fingerprint density at radius 1 is 1.30 bits per heavy atom. The van der Waals surface area contributed by atoms with Crippen LogP contribution in [0.3, 0.4) is 0 Å². The Labute approximate surface area is 171 Å². The van der Waals surface area contributed by atoms with Crippen molar-refractivity contribution >= 4 is 12.1 Å². The number of nitriles is 1. The van der Waals surface area contributed by atoms with Gasteiger partial charge in [-0.15, -0.1) is 0 Å². The van der Waals surface area contributed by atoms with Crippen LogP contribution >= 0.6 is 0 Å². The Bertz CT molecular complexity index is 1070. The summed E-state index contributed by atoms with van der Waals surface area (Å²) < 4.78 is 40.5. The van der Waals surface area contributed by atoms with Gasteiger partial charge in [0, 0.05) is 25.7 Å². The van der Waals surface area contributed by atoms with E-state index in [-0.39, 0.29) is 11.6 Å². The highest BCUT2D eigenvalue weighted by Gasteiger charge is 2.46. The molecular formula is C22H19F3N4O. The number of aliphatic imine (C=N–C) groups is 1. The Kier molecular flexibility index (Phi) is 4.85. The van der Waals surface area contributed by atoms with Crippen molar-refractivity contribution in [1.82, 2.24) is 9.88 Å². The van der Waals surface area contributed by atoms with Crippen LogP contribution in [0.1, 0.15) is 34.5 Å². The van der Waals surface area contributed by atoms with Crippen molar-refractivity contribution in [2.45, 2.75) is 24.4 Å². The van der Waals surface area contributed by atoms with Crippen LogP contribution in [0.15, 0.2) is 41.4 Å². The van der Waals surface area contributed by atoms with Gasteiger partial charge >= 0.3 is 6.18 Å². The number of aldehydes is 1. The van der Waals surface area contributed by atoms with E-state index < -0.39 is 17.3 Å². The number of rotatable bonds is 3. The van der Waals surface area contributed by atoms with Crippen molar-refractivity contribution in [2.75, 3.05) is 20.1 Å². The van der Waals surface area contributed by atoms with Crippen LogP contribution in [-0.2, 0) is 22.8 Å². The number of benzene rings is 1. The molecule has 1 aromatic carbocycles. The molecule has 4 rings (SSSR count). The standard InChI is InChI=1S/C22H19F3N4O/c1-27-20(29-11-14(10-26)12-29)16-6-7-18(22(23,24)25)28-19(16)21(13-30)9-8-15-4-2-3-5-17(15)21/h2-7,13-14H,8-9,11-12H2,1H3. The van der Waals surface area contributed by atoms with Gasteiger partial charge in [-0.05, 0) is 36.1 Å². The molecule has 1 aromatic heterocycles. The highest BCUT2D eigenvalue weighted by molar-refractivity contribution is 6.02. The summed E-state index contributed by atoms with van der Waals surface area (Å²) in [5.41, 5.74) is -0.243. The molecule has 30 heavy (non-hydrogen) atoms. The molecule has 1 atom stereocenters. The van der Waals surface area contributed by atoms with Crippen LogP contribution in [0.4, 0.5) is 13.2 Å². The van der Waals surface area contributed by atoms with Gasteiger partial charge in [-0.1, -0.05) is 24.3 Å². The van der Waals surface area contributed by atoms with Gasteiger partial charge in [0.1, 0.15) is 17.8 Å². The van der Waals surface area contributed by atoms with Gasteiger partial charge in [0.05, 0.1) is 23.1 Å². The van der Waals surface area contributed by atoms with Crippen molar-refractivity contribution in [3.63, 3.8) is 0 Å². The van der Waals surface area contributed by atoms with Crippen molar-refractivity contribution in [2.24, 2.45) is 10.9 Å². The lowest BCUT2D eigenvalue weighted by Crippen LogP contribution is -2.50. The smallest absolute Gasteiger partial charge is 0.354 e. The second kappa shape index (κ2) is 7.24. The van der Waals surface area contributed by atoms with E-state index in [1.807, 2.05) is 17.0 Å². The number of likely N-dealkylation sites (tertiary alicyclic amines) is 1. The fraction of sp³-hybridized carbons (Fsp3) is 0.364. The molecule has 5 nitrogen and oxygen atoms in total. The molecule has 0 saturated carbocycles. The summed E-state index contributed by atoms with van der Waals surface area (Å²) in [6.07, 6.45) is -3.01. The first-order valence-corrected chi connectivity index (χ1v) is 9.59. The van der Waals surface area contributed by atoms with Crippen LogP contribution in [0.5, 0.6) is 0 Å². The number of halogens is 3. The van der Waals surface area contributed by atoms with Crippen LogP contribution in [0, 0.1) is 17.2 Å². The first-order chi connectivity index (χ1) is 14.3. The zero-order valence-corrected chi connectivity index (χ0v) is 16.3. The molecule has 0 N–H and O–H groups in total. The normalized spacial score (nSPS) is 21.7. The fourth-order valence-corrected chi connectivity index (χ4v) is 4.37. The molecule has 1 aliphatic heterocycles. The van der Waals surface area contributed by atoms with Crippen molar-refractivity contribution in [3.8, 4) is 6.07 Å². The third-order valence-electron chi connectivity index (χ3n) is 5.91. The Morgan fingerprint density at radius 2 is 2.03 bits per heavy atom. The van der Waals surface area contributed by atoms with Crippen LogP contribution in [0.25, 0.3) is 0 Å². The second-order valence-electron chi connectivity index (χ2n) is 7.61. The van der Waals surface area contributed by atoms with Crippen molar-refractivity contribution in [3.05, 3.63) is 64.5 Å². The summed E-state index contributed by atoms with van der Waals surface area (Å²) in [5.74, 6) is 0.295. The molecule has 2 aromatic rings. The molecule has 1 saturated heterocycles. The molecule has 154 valence electrons. The van der Waals surface area contributed by atoms with Gasteiger partial charge in [0.2, 0.25) is 0 Å². The average molecular weight is 412 g/mol. The second-order valence-corrected chi connectivity index (χ2v) is 7.61. The third-order valence-corrected chi connectivity index (χ3v) is 5.91. The zero-order chi connectivity index (χ0) is 21.5. The molecule has 0 bridgehead atoms. The zero-order valence-electron chi connectivity index (χ0n) is 16.3. The highest BCUT2D eigenvalue weighted by Crippen LogP contribution is 2.44. The van der Waals surface area contributed by atoms with Crippen LogP contribution in [0.2, 0.25) is 0 Å². The number of fused-ring (bicyclic) bond motifs is 1. The minimum absolute atomic E-state index is 0.0679. The summed E-state index contributed by atoms with van der Waals surface area (Å²) in [4.78, 5) is 22.6. The van der Waals surface area contributed by atoms with E-state index in [1.54, 1.807) is 19.2 Å². The number of hydrogen-bond donors (Lipinski definition) is 0. The predicted molar refractivity (Wildman–Crippen MR) is 104 cm³/mol. The molecule has 0 spiro atoms. The average Bonchev–Trinajstić information content (AvgIpc) is 3.09. The third kappa shape index (κ3) is 3.05.